The molecular formula is C23H21N5O3. The van der Waals surface area contributed by atoms with Crippen LogP contribution in [-0.4, -0.2) is 34.6 Å². The van der Waals surface area contributed by atoms with Crippen LogP contribution in [0.25, 0.3) is 22.3 Å². The van der Waals surface area contributed by atoms with E-state index in [4.69, 9.17) is 20.2 Å². The van der Waals surface area contributed by atoms with Crippen molar-refractivity contribution in [1.82, 2.24) is 15.0 Å². The van der Waals surface area contributed by atoms with Crippen molar-refractivity contribution in [2.24, 2.45) is 5.73 Å². The molecule has 0 radical (unpaired) electrons. The number of para-hydroxylation sites is 1. The zero-order valence-electron chi connectivity index (χ0n) is 17.1. The lowest BCUT2D eigenvalue weighted by molar-refractivity contribution is 0.100. The third-order valence-corrected chi connectivity index (χ3v) is 4.63. The summed E-state index contributed by atoms with van der Waals surface area (Å²) in [6.45, 7) is 2.46. The topological polar surface area (TPSA) is 112 Å². The maximum absolute atomic E-state index is 11.9. The first-order valence-corrected chi connectivity index (χ1v) is 9.70. The number of anilines is 2. The van der Waals surface area contributed by atoms with Gasteiger partial charge in [-0.15, -0.1) is 0 Å². The van der Waals surface area contributed by atoms with Gasteiger partial charge in [-0.25, -0.2) is 15.0 Å². The summed E-state index contributed by atoms with van der Waals surface area (Å²) in [6, 6.07) is 16.2. The van der Waals surface area contributed by atoms with E-state index < -0.39 is 5.91 Å². The van der Waals surface area contributed by atoms with Crippen molar-refractivity contribution < 1.29 is 14.3 Å². The molecule has 3 N–H and O–H groups in total. The lowest BCUT2D eigenvalue weighted by Gasteiger charge is -2.14. The summed E-state index contributed by atoms with van der Waals surface area (Å²) in [5.41, 5.74) is 7.89. The van der Waals surface area contributed by atoms with Gasteiger partial charge in [0.1, 0.15) is 11.6 Å². The van der Waals surface area contributed by atoms with Crippen LogP contribution in [-0.2, 0) is 0 Å². The number of pyridine rings is 1. The number of aromatic nitrogens is 3. The summed E-state index contributed by atoms with van der Waals surface area (Å²) in [7, 11) is 1.56. The molecular weight excluding hydrogens is 394 g/mol. The Kier molecular flexibility index (Phi) is 5.61. The van der Waals surface area contributed by atoms with Gasteiger partial charge in [0.25, 0.3) is 5.91 Å². The van der Waals surface area contributed by atoms with Crippen LogP contribution in [0.15, 0.2) is 60.8 Å². The highest BCUT2D eigenvalue weighted by molar-refractivity contribution is 6.01. The third kappa shape index (κ3) is 4.23. The first-order chi connectivity index (χ1) is 15.1. The highest BCUT2D eigenvalue weighted by Gasteiger charge is 2.14. The molecule has 0 aliphatic carbocycles. The van der Waals surface area contributed by atoms with Gasteiger partial charge in [0.05, 0.1) is 30.5 Å². The minimum Gasteiger partial charge on any atom is -0.494 e. The van der Waals surface area contributed by atoms with Gasteiger partial charge in [-0.3, -0.25) is 4.79 Å². The van der Waals surface area contributed by atoms with Crippen LogP contribution in [0.1, 0.15) is 17.3 Å². The molecule has 0 spiro atoms. The lowest BCUT2D eigenvalue weighted by Crippen LogP contribution is -2.13. The van der Waals surface area contributed by atoms with E-state index in [9.17, 15) is 4.79 Å². The summed E-state index contributed by atoms with van der Waals surface area (Å²) >= 11 is 0. The molecule has 0 saturated heterocycles. The van der Waals surface area contributed by atoms with E-state index in [1.54, 1.807) is 37.6 Å². The molecule has 0 bridgehead atoms. The van der Waals surface area contributed by atoms with Gasteiger partial charge in [-0.2, -0.15) is 0 Å². The Balaban J connectivity index is 1.87. The quantitative estimate of drug-likeness (QED) is 0.470. The molecule has 0 aliphatic rings. The van der Waals surface area contributed by atoms with Gasteiger partial charge < -0.3 is 20.5 Å². The van der Waals surface area contributed by atoms with Gasteiger partial charge in [0.2, 0.25) is 5.88 Å². The Bertz CT molecular complexity index is 1240. The third-order valence-electron chi connectivity index (χ3n) is 4.63. The van der Waals surface area contributed by atoms with E-state index in [1.165, 1.54) is 0 Å². The number of ether oxygens (including phenoxy) is 2. The molecule has 8 heteroatoms. The Labute approximate surface area is 179 Å². The van der Waals surface area contributed by atoms with Gasteiger partial charge in [-0.05, 0) is 43.3 Å². The second-order valence-corrected chi connectivity index (χ2v) is 6.63. The Hall–Kier alpha value is -4.20. The highest BCUT2D eigenvalue weighted by Crippen LogP contribution is 2.31. The average Bonchev–Trinajstić information content (AvgIpc) is 2.79. The number of benzene rings is 2. The molecule has 31 heavy (non-hydrogen) atoms. The molecule has 0 atom stereocenters. The second kappa shape index (κ2) is 8.66. The Morgan fingerprint density at radius 1 is 1.10 bits per heavy atom. The van der Waals surface area contributed by atoms with Gasteiger partial charge in [-0.1, -0.05) is 12.1 Å². The number of primary amides is 1. The largest absolute Gasteiger partial charge is 0.494 e. The number of carbonyl (C=O) groups is 1. The van der Waals surface area contributed by atoms with E-state index >= 15 is 0 Å². The number of fused-ring (bicyclic) bond motifs is 1. The Morgan fingerprint density at radius 3 is 2.65 bits per heavy atom. The molecule has 2 aromatic carbocycles. The minimum atomic E-state index is -0.531. The maximum Gasteiger partial charge on any atom is 0.250 e. The number of nitrogens with zero attached hydrogens (tertiary/aromatic N) is 3. The van der Waals surface area contributed by atoms with Crippen molar-refractivity contribution in [2.45, 2.75) is 6.92 Å². The number of hydrogen-bond acceptors (Lipinski definition) is 7. The average molecular weight is 415 g/mol. The van der Waals surface area contributed by atoms with Gasteiger partial charge >= 0.3 is 0 Å². The smallest absolute Gasteiger partial charge is 0.250 e. The van der Waals surface area contributed by atoms with Gasteiger partial charge in [0, 0.05) is 23.2 Å². The molecule has 4 rings (SSSR count). The minimum absolute atomic E-state index is 0.364. The van der Waals surface area contributed by atoms with Crippen molar-refractivity contribution >= 4 is 28.3 Å². The number of methoxy groups -OCH3 is 1. The normalized spacial score (nSPS) is 10.6. The highest BCUT2D eigenvalue weighted by atomic mass is 16.5. The van der Waals surface area contributed by atoms with E-state index in [0.717, 1.165) is 10.9 Å². The van der Waals surface area contributed by atoms with E-state index in [1.807, 2.05) is 37.3 Å². The fourth-order valence-electron chi connectivity index (χ4n) is 3.16. The molecule has 4 aromatic rings. The van der Waals surface area contributed by atoms with Gasteiger partial charge in [0.15, 0.2) is 5.82 Å². The molecule has 2 heterocycles. The van der Waals surface area contributed by atoms with Crippen LogP contribution >= 0.6 is 0 Å². The zero-order valence-corrected chi connectivity index (χ0v) is 17.1. The standard InChI is InChI=1S/C23H21N5O3/c1-3-31-15-9-10-19-17(12-15)23(27-18-7-5-4-6-16(18)21(24)29)28-22(26-19)14-8-11-20(30-2)25-13-14/h4-13H,3H2,1-2H3,(H2,24,29)(H,26,27,28). The lowest BCUT2D eigenvalue weighted by atomic mass is 10.1. The summed E-state index contributed by atoms with van der Waals surface area (Å²) in [4.78, 5) is 25.5. The molecule has 0 fully saturated rings. The number of hydrogen-bond donors (Lipinski definition) is 2. The summed E-state index contributed by atoms with van der Waals surface area (Å²) in [5.74, 6) is 1.66. The van der Waals surface area contributed by atoms with Crippen LogP contribution < -0.4 is 20.5 Å². The van der Waals surface area contributed by atoms with Crippen LogP contribution in [0, 0.1) is 0 Å². The fraction of sp³-hybridized carbons (Fsp3) is 0.130. The number of nitrogens with one attached hydrogen (secondary N) is 1. The second-order valence-electron chi connectivity index (χ2n) is 6.63. The molecule has 2 aromatic heterocycles. The molecule has 156 valence electrons. The number of nitrogens with two attached hydrogens (primary N) is 1. The molecule has 0 aliphatic heterocycles. The van der Waals surface area contributed by atoms with E-state index in [-0.39, 0.29) is 0 Å². The number of carbonyl (C=O) groups excluding carboxylic acids is 1. The molecule has 0 unspecified atom stereocenters. The van der Waals surface area contributed by atoms with Crippen molar-refractivity contribution in [1.29, 1.82) is 0 Å². The van der Waals surface area contributed by atoms with Crippen LogP contribution in [0.5, 0.6) is 11.6 Å². The van der Waals surface area contributed by atoms with Crippen molar-refractivity contribution in [3.8, 4) is 23.0 Å². The number of rotatable bonds is 7. The first-order valence-electron chi connectivity index (χ1n) is 9.70. The van der Waals surface area contributed by atoms with Crippen LogP contribution in [0.3, 0.4) is 0 Å². The zero-order chi connectivity index (χ0) is 21.8. The molecule has 8 nitrogen and oxygen atoms in total. The summed E-state index contributed by atoms with van der Waals surface area (Å²) in [6.07, 6.45) is 1.65. The van der Waals surface area contributed by atoms with Crippen molar-refractivity contribution in [3.63, 3.8) is 0 Å². The van der Waals surface area contributed by atoms with E-state index in [0.29, 0.717) is 46.6 Å². The monoisotopic (exact) mass is 415 g/mol. The summed E-state index contributed by atoms with van der Waals surface area (Å²) in [5, 5.41) is 3.99. The Morgan fingerprint density at radius 2 is 1.94 bits per heavy atom. The van der Waals surface area contributed by atoms with Crippen LogP contribution in [0.2, 0.25) is 0 Å². The summed E-state index contributed by atoms with van der Waals surface area (Å²) < 4.78 is 10.8. The predicted octanol–water partition coefficient (Wildman–Crippen LogP) is 3.94. The fourth-order valence-corrected chi connectivity index (χ4v) is 3.16. The van der Waals surface area contributed by atoms with E-state index in [2.05, 4.69) is 15.3 Å². The maximum atomic E-state index is 11.9. The molecule has 1 amide bonds. The first kappa shape index (κ1) is 20.1. The number of amides is 1. The SMILES string of the molecule is CCOc1ccc2nc(-c3ccc(OC)nc3)nc(Nc3ccccc3C(N)=O)c2c1. The van der Waals surface area contributed by atoms with Crippen LogP contribution in [0.4, 0.5) is 11.5 Å². The predicted molar refractivity (Wildman–Crippen MR) is 119 cm³/mol. The molecule has 0 saturated carbocycles. The van der Waals surface area contributed by atoms with Crippen molar-refractivity contribution in [3.05, 3.63) is 66.4 Å². The van der Waals surface area contributed by atoms with Crippen molar-refractivity contribution in [2.75, 3.05) is 19.0 Å².